The minimum Gasteiger partial charge on any atom is -0.496 e. The summed E-state index contributed by atoms with van der Waals surface area (Å²) in [7, 11) is 1.63. The number of ether oxygens (including phenoxy) is 1. The van der Waals surface area contributed by atoms with E-state index in [1.54, 1.807) is 19.2 Å². The molecule has 2 rings (SSSR count). The van der Waals surface area contributed by atoms with Crippen LogP contribution in [0.1, 0.15) is 11.3 Å². The van der Waals surface area contributed by atoms with E-state index >= 15 is 0 Å². The van der Waals surface area contributed by atoms with Crippen LogP contribution in [0.5, 0.6) is 5.75 Å². The number of methoxy groups -OCH3 is 1. The predicted molar refractivity (Wildman–Crippen MR) is 67.9 cm³/mol. The molecule has 0 aliphatic rings. The molecule has 0 saturated heterocycles. The molecule has 1 aromatic heterocycles. The van der Waals surface area contributed by atoms with Crippen molar-refractivity contribution >= 4 is 23.2 Å². The number of rotatable bonds is 3. The third-order valence-corrected chi connectivity index (χ3v) is 2.74. The molecule has 0 radical (unpaired) electrons. The molecule has 88 valence electrons. The molecule has 0 aliphatic heterocycles. The molecule has 0 N–H and O–H groups in total. The van der Waals surface area contributed by atoms with Gasteiger partial charge in [-0.25, -0.2) is 0 Å². The Morgan fingerprint density at radius 3 is 2.59 bits per heavy atom. The van der Waals surface area contributed by atoms with Crippen LogP contribution in [0.15, 0.2) is 30.3 Å². The summed E-state index contributed by atoms with van der Waals surface area (Å²) in [5.41, 5.74) is 1.78. The predicted octanol–water partition coefficient (Wildman–Crippen LogP) is 3.38. The number of halogens is 2. The van der Waals surface area contributed by atoms with E-state index in [0.717, 1.165) is 17.0 Å². The lowest BCUT2D eigenvalue weighted by atomic mass is 10.1. The van der Waals surface area contributed by atoms with Crippen LogP contribution in [0, 0.1) is 0 Å². The average Bonchev–Trinajstić information content (AvgIpc) is 2.32. The summed E-state index contributed by atoms with van der Waals surface area (Å²) in [4.78, 5) is 0. The van der Waals surface area contributed by atoms with Crippen LogP contribution < -0.4 is 4.74 Å². The number of nitrogens with zero attached hydrogens (tertiary/aromatic N) is 2. The lowest BCUT2D eigenvalue weighted by Crippen LogP contribution is -1.97. The zero-order valence-corrected chi connectivity index (χ0v) is 10.7. The smallest absolute Gasteiger partial charge is 0.151 e. The molecule has 0 saturated carbocycles. The van der Waals surface area contributed by atoms with E-state index in [1.165, 1.54) is 0 Å². The molecule has 0 amide bonds. The standard InChI is InChI=1S/C12H10Cl2N2O/c1-17-11-4-2-9(13)6-8(11)7-10-3-5-12(14)16-15-10/h2-6H,7H2,1H3. The average molecular weight is 269 g/mol. The summed E-state index contributed by atoms with van der Waals surface area (Å²) >= 11 is 11.6. The van der Waals surface area contributed by atoms with E-state index in [0.29, 0.717) is 16.6 Å². The third kappa shape index (κ3) is 3.08. The van der Waals surface area contributed by atoms with Crippen LogP contribution in [0.4, 0.5) is 0 Å². The van der Waals surface area contributed by atoms with Crippen LogP contribution in [0.25, 0.3) is 0 Å². The van der Waals surface area contributed by atoms with Gasteiger partial charge in [-0.2, -0.15) is 5.10 Å². The van der Waals surface area contributed by atoms with Gasteiger partial charge in [-0.1, -0.05) is 23.2 Å². The van der Waals surface area contributed by atoms with Gasteiger partial charge in [0, 0.05) is 17.0 Å². The first kappa shape index (κ1) is 12.1. The molecule has 0 aliphatic carbocycles. The molecule has 0 unspecified atom stereocenters. The highest BCUT2D eigenvalue weighted by atomic mass is 35.5. The van der Waals surface area contributed by atoms with Crippen molar-refractivity contribution in [2.75, 3.05) is 7.11 Å². The Morgan fingerprint density at radius 1 is 1.12 bits per heavy atom. The Balaban J connectivity index is 2.28. The van der Waals surface area contributed by atoms with Crippen LogP contribution in [-0.2, 0) is 6.42 Å². The maximum absolute atomic E-state index is 5.95. The highest BCUT2D eigenvalue weighted by molar-refractivity contribution is 6.30. The molecule has 1 heterocycles. The molecule has 17 heavy (non-hydrogen) atoms. The Bertz CT molecular complexity index is 514. The summed E-state index contributed by atoms with van der Waals surface area (Å²) < 4.78 is 5.26. The molecule has 0 spiro atoms. The topological polar surface area (TPSA) is 35.0 Å². The highest BCUT2D eigenvalue weighted by Gasteiger charge is 2.06. The number of benzene rings is 1. The van der Waals surface area contributed by atoms with Crippen molar-refractivity contribution in [3.05, 3.63) is 51.8 Å². The van der Waals surface area contributed by atoms with Crippen molar-refractivity contribution in [1.82, 2.24) is 10.2 Å². The second-order valence-corrected chi connectivity index (χ2v) is 4.30. The van der Waals surface area contributed by atoms with Crippen LogP contribution in [0.2, 0.25) is 10.2 Å². The maximum Gasteiger partial charge on any atom is 0.151 e. The second-order valence-electron chi connectivity index (χ2n) is 3.48. The lowest BCUT2D eigenvalue weighted by molar-refractivity contribution is 0.410. The van der Waals surface area contributed by atoms with Crippen molar-refractivity contribution in [2.24, 2.45) is 0 Å². The molecular formula is C12H10Cl2N2O. The number of hydrogen-bond acceptors (Lipinski definition) is 3. The molecule has 0 fully saturated rings. The van der Waals surface area contributed by atoms with Gasteiger partial charge in [0.05, 0.1) is 12.8 Å². The van der Waals surface area contributed by atoms with Crippen molar-refractivity contribution in [3.8, 4) is 5.75 Å². The normalized spacial score (nSPS) is 10.3. The fourth-order valence-electron chi connectivity index (χ4n) is 1.52. The van der Waals surface area contributed by atoms with Crippen molar-refractivity contribution < 1.29 is 4.74 Å². The number of aromatic nitrogens is 2. The van der Waals surface area contributed by atoms with Crippen LogP contribution in [0.3, 0.4) is 0 Å². The van der Waals surface area contributed by atoms with Gasteiger partial charge in [0.15, 0.2) is 5.15 Å². The first-order valence-electron chi connectivity index (χ1n) is 4.99. The summed E-state index contributed by atoms with van der Waals surface area (Å²) in [6.45, 7) is 0. The fourth-order valence-corrected chi connectivity index (χ4v) is 1.81. The van der Waals surface area contributed by atoms with Crippen molar-refractivity contribution in [2.45, 2.75) is 6.42 Å². The van der Waals surface area contributed by atoms with Gasteiger partial charge in [-0.15, -0.1) is 5.10 Å². The largest absolute Gasteiger partial charge is 0.496 e. The molecule has 2 aromatic rings. The van der Waals surface area contributed by atoms with Crippen LogP contribution >= 0.6 is 23.2 Å². The monoisotopic (exact) mass is 268 g/mol. The van der Waals surface area contributed by atoms with E-state index in [2.05, 4.69) is 10.2 Å². The lowest BCUT2D eigenvalue weighted by Gasteiger charge is -2.08. The van der Waals surface area contributed by atoms with E-state index in [-0.39, 0.29) is 0 Å². The minimum absolute atomic E-state index is 0.381. The zero-order valence-electron chi connectivity index (χ0n) is 9.15. The summed E-state index contributed by atoms with van der Waals surface area (Å²) in [6, 6.07) is 9.02. The zero-order chi connectivity index (χ0) is 12.3. The molecule has 0 bridgehead atoms. The fraction of sp³-hybridized carbons (Fsp3) is 0.167. The summed E-state index contributed by atoms with van der Waals surface area (Å²) in [5, 5.41) is 8.84. The molecule has 5 heteroatoms. The van der Waals surface area contributed by atoms with Crippen LogP contribution in [-0.4, -0.2) is 17.3 Å². The minimum atomic E-state index is 0.381. The third-order valence-electron chi connectivity index (χ3n) is 2.30. The van der Waals surface area contributed by atoms with Crippen molar-refractivity contribution in [1.29, 1.82) is 0 Å². The maximum atomic E-state index is 5.95. The molecule has 0 atom stereocenters. The van der Waals surface area contributed by atoms with Crippen molar-refractivity contribution in [3.63, 3.8) is 0 Å². The van der Waals surface area contributed by atoms with Gasteiger partial charge in [0.2, 0.25) is 0 Å². The molecule has 3 nitrogen and oxygen atoms in total. The van der Waals surface area contributed by atoms with E-state index < -0.39 is 0 Å². The Kier molecular flexibility index (Phi) is 3.82. The first-order chi connectivity index (χ1) is 8.19. The quantitative estimate of drug-likeness (QED) is 0.856. The second kappa shape index (κ2) is 5.34. The van der Waals surface area contributed by atoms with Gasteiger partial charge < -0.3 is 4.74 Å². The molecule has 1 aromatic carbocycles. The van der Waals surface area contributed by atoms with E-state index in [4.69, 9.17) is 27.9 Å². The highest BCUT2D eigenvalue weighted by Crippen LogP contribution is 2.24. The Morgan fingerprint density at radius 2 is 1.94 bits per heavy atom. The van der Waals surface area contributed by atoms with Gasteiger partial charge in [-0.05, 0) is 30.3 Å². The summed E-state index contributed by atoms with van der Waals surface area (Å²) in [6.07, 6.45) is 0.605. The molecular weight excluding hydrogens is 259 g/mol. The first-order valence-corrected chi connectivity index (χ1v) is 5.75. The van der Waals surface area contributed by atoms with Gasteiger partial charge in [-0.3, -0.25) is 0 Å². The van der Waals surface area contributed by atoms with E-state index in [1.807, 2.05) is 18.2 Å². The number of hydrogen-bond donors (Lipinski definition) is 0. The Hall–Kier alpha value is -1.32. The van der Waals surface area contributed by atoms with Gasteiger partial charge in [0.25, 0.3) is 0 Å². The summed E-state index contributed by atoms with van der Waals surface area (Å²) in [5.74, 6) is 0.783. The van der Waals surface area contributed by atoms with E-state index in [9.17, 15) is 0 Å². The SMILES string of the molecule is COc1ccc(Cl)cc1Cc1ccc(Cl)nn1. The van der Waals surface area contributed by atoms with Gasteiger partial charge in [0.1, 0.15) is 5.75 Å². The van der Waals surface area contributed by atoms with Gasteiger partial charge >= 0.3 is 0 Å². The Labute approximate surface area is 109 Å².